The molecule has 0 radical (unpaired) electrons. The van der Waals surface area contributed by atoms with Gasteiger partial charge in [-0.15, -0.1) is 0 Å². The summed E-state index contributed by atoms with van der Waals surface area (Å²) in [7, 11) is 0. The van der Waals surface area contributed by atoms with Gasteiger partial charge in [-0.2, -0.15) is 5.10 Å². The van der Waals surface area contributed by atoms with Crippen molar-refractivity contribution in [1.82, 2.24) is 15.1 Å². The predicted molar refractivity (Wildman–Crippen MR) is 63.5 cm³/mol. The summed E-state index contributed by atoms with van der Waals surface area (Å²) in [6.07, 6.45) is 7.20. The fraction of sp³-hybridized carbons (Fsp3) is 0.583. The molecular weight excluding hydrogens is 218 g/mol. The van der Waals surface area contributed by atoms with Gasteiger partial charge in [0, 0.05) is 18.3 Å². The summed E-state index contributed by atoms with van der Waals surface area (Å²) in [6.45, 7) is 0.0101. The maximum Gasteiger partial charge on any atom is 0.267 e. The Hall–Kier alpha value is -1.65. The van der Waals surface area contributed by atoms with Gasteiger partial charge >= 0.3 is 0 Å². The number of nitrogens with one attached hydrogen (secondary N) is 1. The van der Waals surface area contributed by atoms with E-state index in [0.717, 1.165) is 12.8 Å². The van der Waals surface area contributed by atoms with Crippen molar-refractivity contribution in [2.45, 2.75) is 44.7 Å². The lowest BCUT2D eigenvalue weighted by atomic mass is 9.95. The molecule has 1 aromatic rings. The van der Waals surface area contributed by atoms with Crippen LogP contribution in [0.3, 0.4) is 0 Å². The number of hydrogen-bond acceptors (Lipinski definition) is 3. The molecule has 0 aromatic carbocycles. The van der Waals surface area contributed by atoms with Crippen molar-refractivity contribution in [3.8, 4) is 0 Å². The lowest BCUT2D eigenvalue weighted by Crippen LogP contribution is -2.40. The monoisotopic (exact) mass is 235 g/mol. The highest BCUT2D eigenvalue weighted by Gasteiger charge is 2.15. The molecule has 1 saturated carbocycles. The number of rotatable bonds is 3. The fourth-order valence-electron chi connectivity index (χ4n) is 2.16. The van der Waals surface area contributed by atoms with Gasteiger partial charge in [0.1, 0.15) is 6.54 Å². The summed E-state index contributed by atoms with van der Waals surface area (Å²) in [6, 6.07) is 3.24. The quantitative estimate of drug-likeness (QED) is 0.838. The third-order valence-electron chi connectivity index (χ3n) is 3.05. The smallest absolute Gasteiger partial charge is 0.267 e. The number of nitrogens with zero attached hydrogens (tertiary/aromatic N) is 2. The van der Waals surface area contributed by atoms with Crippen LogP contribution in [0.4, 0.5) is 0 Å². The van der Waals surface area contributed by atoms with Crippen LogP contribution in [-0.4, -0.2) is 21.7 Å². The molecule has 0 aliphatic heterocycles. The number of carbonyl (C=O) groups excluding carboxylic acids is 1. The van der Waals surface area contributed by atoms with Gasteiger partial charge in [-0.1, -0.05) is 19.3 Å². The minimum Gasteiger partial charge on any atom is -0.352 e. The Morgan fingerprint density at radius 1 is 1.41 bits per heavy atom. The summed E-state index contributed by atoms with van der Waals surface area (Å²) in [5.74, 6) is -0.127. The van der Waals surface area contributed by atoms with Crippen LogP contribution in [0, 0.1) is 0 Å². The zero-order valence-electron chi connectivity index (χ0n) is 9.76. The van der Waals surface area contributed by atoms with E-state index in [0.29, 0.717) is 0 Å². The van der Waals surface area contributed by atoms with Crippen LogP contribution in [0.2, 0.25) is 0 Å². The van der Waals surface area contributed by atoms with E-state index >= 15 is 0 Å². The number of aromatic nitrogens is 2. The molecule has 1 heterocycles. The molecule has 1 aliphatic carbocycles. The van der Waals surface area contributed by atoms with E-state index in [-0.39, 0.29) is 24.1 Å². The molecule has 0 atom stereocenters. The van der Waals surface area contributed by atoms with E-state index in [4.69, 9.17) is 0 Å². The maximum atomic E-state index is 11.7. The highest BCUT2D eigenvalue weighted by molar-refractivity contribution is 5.75. The molecule has 0 spiro atoms. The molecule has 92 valence electrons. The van der Waals surface area contributed by atoms with Crippen molar-refractivity contribution in [2.24, 2.45) is 0 Å². The van der Waals surface area contributed by atoms with Gasteiger partial charge in [-0.05, 0) is 18.9 Å². The van der Waals surface area contributed by atoms with Crippen LogP contribution in [0.15, 0.2) is 23.1 Å². The SMILES string of the molecule is O=C(Cn1ncccc1=O)NC1CCCCC1. The first kappa shape index (κ1) is 11.8. The minimum absolute atomic E-state index is 0.0101. The highest BCUT2D eigenvalue weighted by Crippen LogP contribution is 2.17. The molecular formula is C12H17N3O2. The second kappa shape index (κ2) is 5.61. The lowest BCUT2D eigenvalue weighted by Gasteiger charge is -2.22. The van der Waals surface area contributed by atoms with Crippen molar-refractivity contribution in [2.75, 3.05) is 0 Å². The Bertz CT molecular complexity index is 435. The van der Waals surface area contributed by atoms with Crippen LogP contribution in [-0.2, 0) is 11.3 Å². The van der Waals surface area contributed by atoms with E-state index in [1.54, 1.807) is 6.07 Å². The molecule has 1 aliphatic rings. The number of amides is 1. The van der Waals surface area contributed by atoms with Gasteiger partial charge in [-0.3, -0.25) is 9.59 Å². The summed E-state index contributed by atoms with van der Waals surface area (Å²) < 4.78 is 1.18. The van der Waals surface area contributed by atoms with Gasteiger partial charge in [0.05, 0.1) is 0 Å². The maximum absolute atomic E-state index is 11.7. The highest BCUT2D eigenvalue weighted by atomic mass is 16.2. The normalized spacial score (nSPS) is 16.7. The second-order valence-corrected chi connectivity index (χ2v) is 4.42. The molecule has 0 saturated heterocycles. The fourth-order valence-corrected chi connectivity index (χ4v) is 2.16. The van der Waals surface area contributed by atoms with Crippen molar-refractivity contribution in [3.05, 3.63) is 28.7 Å². The van der Waals surface area contributed by atoms with Crippen LogP contribution in [0.5, 0.6) is 0 Å². The first-order valence-corrected chi connectivity index (χ1v) is 6.07. The number of hydrogen-bond donors (Lipinski definition) is 1. The molecule has 1 amide bonds. The molecule has 2 rings (SSSR count). The van der Waals surface area contributed by atoms with E-state index in [1.165, 1.54) is 36.2 Å². The average Bonchev–Trinajstić information content (AvgIpc) is 2.33. The molecule has 1 N–H and O–H groups in total. The Balaban J connectivity index is 1.89. The van der Waals surface area contributed by atoms with Crippen molar-refractivity contribution >= 4 is 5.91 Å². The van der Waals surface area contributed by atoms with Gasteiger partial charge in [0.25, 0.3) is 5.56 Å². The standard InChI is InChI=1S/C12H17N3O2/c16-11(14-10-5-2-1-3-6-10)9-15-12(17)7-4-8-13-15/h4,7-8,10H,1-3,5-6,9H2,(H,14,16). The number of carbonyl (C=O) groups is 1. The van der Waals surface area contributed by atoms with Gasteiger partial charge in [0.15, 0.2) is 0 Å². The zero-order valence-corrected chi connectivity index (χ0v) is 9.76. The van der Waals surface area contributed by atoms with Crippen molar-refractivity contribution in [3.63, 3.8) is 0 Å². The van der Waals surface area contributed by atoms with E-state index < -0.39 is 0 Å². The van der Waals surface area contributed by atoms with Gasteiger partial charge in [0.2, 0.25) is 5.91 Å². The molecule has 17 heavy (non-hydrogen) atoms. The van der Waals surface area contributed by atoms with Crippen LogP contribution in [0.25, 0.3) is 0 Å². The molecule has 0 bridgehead atoms. The van der Waals surface area contributed by atoms with Crippen LogP contribution < -0.4 is 10.9 Å². The van der Waals surface area contributed by atoms with Crippen LogP contribution >= 0.6 is 0 Å². The summed E-state index contributed by atoms with van der Waals surface area (Å²) in [5.41, 5.74) is -0.244. The van der Waals surface area contributed by atoms with E-state index in [1.807, 2.05) is 0 Å². The minimum atomic E-state index is -0.244. The average molecular weight is 235 g/mol. The zero-order chi connectivity index (χ0) is 12.1. The van der Waals surface area contributed by atoms with Crippen molar-refractivity contribution < 1.29 is 4.79 Å². The Morgan fingerprint density at radius 2 is 2.18 bits per heavy atom. The Labute approximate surface area is 99.8 Å². The van der Waals surface area contributed by atoms with E-state index in [9.17, 15) is 9.59 Å². The Morgan fingerprint density at radius 3 is 2.88 bits per heavy atom. The molecule has 1 aromatic heterocycles. The predicted octanol–water partition coefficient (Wildman–Crippen LogP) is 0.692. The molecule has 5 heteroatoms. The first-order chi connectivity index (χ1) is 8.25. The molecule has 5 nitrogen and oxygen atoms in total. The second-order valence-electron chi connectivity index (χ2n) is 4.42. The third-order valence-corrected chi connectivity index (χ3v) is 3.05. The van der Waals surface area contributed by atoms with E-state index in [2.05, 4.69) is 10.4 Å². The lowest BCUT2D eigenvalue weighted by molar-refractivity contribution is -0.122. The van der Waals surface area contributed by atoms with Crippen molar-refractivity contribution in [1.29, 1.82) is 0 Å². The van der Waals surface area contributed by atoms with Gasteiger partial charge in [-0.25, -0.2) is 4.68 Å². The summed E-state index contributed by atoms with van der Waals surface area (Å²) >= 11 is 0. The Kier molecular flexibility index (Phi) is 3.90. The summed E-state index contributed by atoms with van der Waals surface area (Å²) in [5, 5.41) is 6.81. The third kappa shape index (κ3) is 3.41. The summed E-state index contributed by atoms with van der Waals surface area (Å²) in [4.78, 5) is 23.1. The molecule has 1 fully saturated rings. The van der Waals surface area contributed by atoms with Crippen LogP contribution in [0.1, 0.15) is 32.1 Å². The van der Waals surface area contributed by atoms with Gasteiger partial charge < -0.3 is 5.32 Å². The topological polar surface area (TPSA) is 64.0 Å². The first-order valence-electron chi connectivity index (χ1n) is 6.07. The molecule has 0 unspecified atom stereocenters. The largest absolute Gasteiger partial charge is 0.352 e.